The van der Waals surface area contributed by atoms with Crippen molar-refractivity contribution in [3.63, 3.8) is 0 Å². The van der Waals surface area contributed by atoms with Crippen LogP contribution in [0.2, 0.25) is 0 Å². The number of halogens is 1. The van der Waals surface area contributed by atoms with Gasteiger partial charge in [-0.15, -0.1) is 11.8 Å². The lowest BCUT2D eigenvalue weighted by molar-refractivity contribution is 0.103. The van der Waals surface area contributed by atoms with Crippen molar-refractivity contribution in [3.05, 3.63) is 63.2 Å². The third-order valence-corrected chi connectivity index (χ3v) is 4.15. The fraction of sp³-hybridized carbons (Fsp3) is 0.0714. The van der Waals surface area contributed by atoms with E-state index in [0.29, 0.717) is 0 Å². The summed E-state index contributed by atoms with van der Waals surface area (Å²) in [6.07, 6.45) is 2.02. The van der Waals surface area contributed by atoms with E-state index >= 15 is 0 Å². The maximum Gasteiger partial charge on any atom is 0.194 e. The van der Waals surface area contributed by atoms with Crippen LogP contribution in [-0.2, 0) is 0 Å². The van der Waals surface area contributed by atoms with Crippen molar-refractivity contribution in [1.29, 1.82) is 0 Å². The summed E-state index contributed by atoms with van der Waals surface area (Å²) in [6, 6.07) is 15.4. The molecule has 0 saturated carbocycles. The van der Waals surface area contributed by atoms with E-state index in [0.717, 1.165) is 14.7 Å². The number of hydrogen-bond donors (Lipinski definition) is 0. The van der Waals surface area contributed by atoms with Gasteiger partial charge in [-0.05, 0) is 65.2 Å². The van der Waals surface area contributed by atoms with E-state index < -0.39 is 0 Å². The van der Waals surface area contributed by atoms with Gasteiger partial charge in [0.2, 0.25) is 0 Å². The van der Waals surface area contributed by atoms with E-state index in [1.807, 2.05) is 54.8 Å². The Balaban J connectivity index is 2.34. The second kappa shape index (κ2) is 5.69. The zero-order valence-electron chi connectivity index (χ0n) is 9.31. The lowest BCUT2D eigenvalue weighted by Gasteiger charge is -2.04. The zero-order valence-corrected chi connectivity index (χ0v) is 12.3. The van der Waals surface area contributed by atoms with Crippen LogP contribution in [0.25, 0.3) is 0 Å². The van der Waals surface area contributed by atoms with Gasteiger partial charge in [0.1, 0.15) is 0 Å². The van der Waals surface area contributed by atoms with Crippen molar-refractivity contribution in [2.24, 2.45) is 0 Å². The van der Waals surface area contributed by atoms with Crippen molar-refractivity contribution in [1.82, 2.24) is 0 Å². The summed E-state index contributed by atoms with van der Waals surface area (Å²) in [6.45, 7) is 0. The Morgan fingerprint density at radius 2 is 1.71 bits per heavy atom. The molecule has 2 aromatic carbocycles. The molecule has 0 bridgehead atoms. The van der Waals surface area contributed by atoms with Crippen LogP contribution in [0, 0.1) is 3.57 Å². The number of rotatable bonds is 3. The van der Waals surface area contributed by atoms with Gasteiger partial charge in [0.05, 0.1) is 0 Å². The molecule has 2 rings (SSSR count). The number of hydrogen-bond acceptors (Lipinski definition) is 2. The molecule has 0 aliphatic rings. The number of benzene rings is 2. The Kier molecular flexibility index (Phi) is 4.23. The number of thioether (sulfide) groups is 1. The molecule has 0 amide bonds. The van der Waals surface area contributed by atoms with E-state index in [2.05, 4.69) is 22.6 Å². The van der Waals surface area contributed by atoms with Gasteiger partial charge in [-0.3, -0.25) is 4.79 Å². The second-order valence-electron chi connectivity index (χ2n) is 3.54. The molecule has 17 heavy (non-hydrogen) atoms. The van der Waals surface area contributed by atoms with Crippen LogP contribution in [0.5, 0.6) is 0 Å². The van der Waals surface area contributed by atoms with Crippen molar-refractivity contribution in [2.45, 2.75) is 4.90 Å². The van der Waals surface area contributed by atoms with E-state index in [-0.39, 0.29) is 5.78 Å². The van der Waals surface area contributed by atoms with E-state index in [1.165, 1.54) is 4.90 Å². The zero-order chi connectivity index (χ0) is 12.3. The maximum absolute atomic E-state index is 12.3. The lowest BCUT2D eigenvalue weighted by atomic mass is 10.0. The first kappa shape index (κ1) is 12.6. The molecule has 0 spiro atoms. The summed E-state index contributed by atoms with van der Waals surface area (Å²) in [7, 11) is 0. The van der Waals surface area contributed by atoms with Crippen LogP contribution >= 0.6 is 34.4 Å². The molecule has 0 aromatic heterocycles. The molecule has 0 fully saturated rings. The van der Waals surface area contributed by atoms with Gasteiger partial charge in [0.15, 0.2) is 5.78 Å². The van der Waals surface area contributed by atoms with Gasteiger partial charge < -0.3 is 0 Å². The molecule has 0 aliphatic carbocycles. The summed E-state index contributed by atoms with van der Waals surface area (Å²) in [5, 5.41) is 0. The highest BCUT2D eigenvalue weighted by molar-refractivity contribution is 14.1. The first-order chi connectivity index (χ1) is 8.22. The molecule has 86 valence electrons. The van der Waals surface area contributed by atoms with Gasteiger partial charge >= 0.3 is 0 Å². The van der Waals surface area contributed by atoms with Crippen LogP contribution in [0.4, 0.5) is 0 Å². The van der Waals surface area contributed by atoms with Gasteiger partial charge in [-0.2, -0.15) is 0 Å². The molecule has 0 N–H and O–H groups in total. The topological polar surface area (TPSA) is 17.1 Å². The summed E-state index contributed by atoms with van der Waals surface area (Å²) in [5.74, 6) is 0.0858. The average Bonchev–Trinajstić information content (AvgIpc) is 2.39. The maximum atomic E-state index is 12.3. The fourth-order valence-electron chi connectivity index (χ4n) is 1.54. The Hall–Kier alpha value is -0.810. The molecule has 0 atom stereocenters. The fourth-order valence-corrected chi connectivity index (χ4v) is 2.58. The normalized spacial score (nSPS) is 10.2. The van der Waals surface area contributed by atoms with Gasteiger partial charge in [0.25, 0.3) is 0 Å². The minimum absolute atomic E-state index is 0.0858. The van der Waals surface area contributed by atoms with Crippen LogP contribution in [0.3, 0.4) is 0 Å². The van der Waals surface area contributed by atoms with Crippen molar-refractivity contribution >= 4 is 40.1 Å². The standard InChI is InChI=1S/C14H11IOS/c1-17-11-8-6-10(7-9-11)14(16)12-4-2-3-5-13(12)15/h2-9H,1H3. The molecule has 0 saturated heterocycles. The minimum atomic E-state index is 0.0858. The Morgan fingerprint density at radius 1 is 1.06 bits per heavy atom. The highest BCUT2D eigenvalue weighted by atomic mass is 127. The molecular weight excluding hydrogens is 343 g/mol. The highest BCUT2D eigenvalue weighted by Gasteiger charge is 2.11. The molecule has 0 heterocycles. The number of carbonyl (C=O) groups excluding carboxylic acids is 1. The highest BCUT2D eigenvalue weighted by Crippen LogP contribution is 2.19. The molecule has 1 nitrogen and oxygen atoms in total. The third-order valence-electron chi connectivity index (χ3n) is 2.47. The SMILES string of the molecule is CSc1ccc(C(=O)c2ccccc2I)cc1. The molecular formula is C14H11IOS. The quantitative estimate of drug-likeness (QED) is 0.466. The minimum Gasteiger partial charge on any atom is -0.289 e. The molecule has 3 heteroatoms. The molecule has 0 unspecified atom stereocenters. The molecule has 0 aliphatic heterocycles. The monoisotopic (exact) mass is 354 g/mol. The van der Waals surface area contributed by atoms with Crippen LogP contribution in [0.15, 0.2) is 53.4 Å². The number of carbonyl (C=O) groups is 1. The van der Waals surface area contributed by atoms with Crippen molar-refractivity contribution in [3.8, 4) is 0 Å². The van der Waals surface area contributed by atoms with Crippen LogP contribution < -0.4 is 0 Å². The predicted octanol–water partition coefficient (Wildman–Crippen LogP) is 4.24. The second-order valence-corrected chi connectivity index (χ2v) is 5.58. The smallest absolute Gasteiger partial charge is 0.194 e. The lowest BCUT2D eigenvalue weighted by Crippen LogP contribution is -2.03. The summed E-state index contributed by atoms with van der Waals surface area (Å²) < 4.78 is 0.990. The average molecular weight is 354 g/mol. The molecule has 2 aromatic rings. The summed E-state index contributed by atoms with van der Waals surface area (Å²) in [4.78, 5) is 13.4. The van der Waals surface area contributed by atoms with E-state index in [9.17, 15) is 4.79 Å². The summed E-state index contributed by atoms with van der Waals surface area (Å²) >= 11 is 3.87. The van der Waals surface area contributed by atoms with Crippen molar-refractivity contribution < 1.29 is 4.79 Å². The van der Waals surface area contributed by atoms with Gasteiger partial charge in [-0.1, -0.05) is 12.1 Å². The van der Waals surface area contributed by atoms with Gasteiger partial charge in [-0.25, -0.2) is 0 Å². The van der Waals surface area contributed by atoms with Crippen molar-refractivity contribution in [2.75, 3.05) is 6.26 Å². The first-order valence-electron chi connectivity index (χ1n) is 5.15. The Bertz CT molecular complexity index is 534. The first-order valence-corrected chi connectivity index (χ1v) is 7.46. The van der Waals surface area contributed by atoms with E-state index in [4.69, 9.17) is 0 Å². The van der Waals surface area contributed by atoms with E-state index in [1.54, 1.807) is 11.8 Å². The van der Waals surface area contributed by atoms with Crippen LogP contribution in [0.1, 0.15) is 15.9 Å². The Morgan fingerprint density at radius 3 is 2.29 bits per heavy atom. The predicted molar refractivity (Wildman–Crippen MR) is 80.8 cm³/mol. The largest absolute Gasteiger partial charge is 0.289 e. The van der Waals surface area contributed by atoms with Crippen LogP contribution in [-0.4, -0.2) is 12.0 Å². The molecule has 0 radical (unpaired) electrons. The number of ketones is 1. The van der Waals surface area contributed by atoms with Gasteiger partial charge in [0, 0.05) is 19.6 Å². The summed E-state index contributed by atoms with van der Waals surface area (Å²) in [5.41, 5.74) is 1.51. The third kappa shape index (κ3) is 2.90. The Labute approximate surface area is 119 Å².